The zero-order valence-corrected chi connectivity index (χ0v) is 19.2. The molecule has 9 heteroatoms. The van der Waals surface area contributed by atoms with E-state index in [9.17, 15) is 20.0 Å². The third-order valence-electron chi connectivity index (χ3n) is 7.84. The summed E-state index contributed by atoms with van der Waals surface area (Å²) in [6, 6.07) is 14.3. The maximum absolute atomic E-state index is 13.5. The third-order valence-corrected chi connectivity index (χ3v) is 7.84. The molecule has 1 aromatic carbocycles. The first-order chi connectivity index (χ1) is 17.0. The summed E-state index contributed by atoms with van der Waals surface area (Å²) >= 11 is 0. The molecule has 3 unspecified atom stereocenters. The van der Waals surface area contributed by atoms with Crippen molar-refractivity contribution in [3.63, 3.8) is 0 Å². The van der Waals surface area contributed by atoms with Crippen molar-refractivity contribution >= 4 is 17.3 Å². The molecule has 5 heterocycles. The Bertz CT molecular complexity index is 1300. The number of nitrogens with one attached hydrogen (secondary N) is 2. The van der Waals surface area contributed by atoms with Crippen molar-refractivity contribution in [2.75, 3.05) is 18.0 Å². The molecule has 3 N–H and O–H groups in total. The van der Waals surface area contributed by atoms with E-state index in [0.29, 0.717) is 32.5 Å². The molecule has 0 aliphatic carbocycles. The van der Waals surface area contributed by atoms with Crippen LogP contribution in [0.3, 0.4) is 0 Å². The Morgan fingerprint density at radius 1 is 1.20 bits per heavy atom. The number of amides is 1. The van der Waals surface area contributed by atoms with Crippen LogP contribution in [0.2, 0.25) is 0 Å². The number of carbonyl (C=O) groups is 1. The summed E-state index contributed by atoms with van der Waals surface area (Å²) < 4.78 is 7.26. The molecule has 3 aromatic rings. The van der Waals surface area contributed by atoms with Gasteiger partial charge in [0.2, 0.25) is 5.91 Å². The monoisotopic (exact) mass is 476 g/mol. The third kappa shape index (κ3) is 3.85. The second-order valence-corrected chi connectivity index (χ2v) is 9.81. The number of hydrogen-bond donors (Lipinski definition) is 3. The number of anilines is 1. The van der Waals surface area contributed by atoms with Gasteiger partial charge in [0, 0.05) is 67.6 Å². The average Bonchev–Trinajstić information content (AvgIpc) is 3.37. The fraction of sp³-hybridized carbons (Fsp3) is 0.385. The minimum absolute atomic E-state index is 0.00686. The van der Waals surface area contributed by atoms with Gasteiger partial charge in [-0.15, -0.1) is 0 Å². The van der Waals surface area contributed by atoms with Gasteiger partial charge in [-0.1, -0.05) is 6.07 Å². The van der Waals surface area contributed by atoms with Gasteiger partial charge >= 0.3 is 0 Å². The summed E-state index contributed by atoms with van der Waals surface area (Å²) in [5, 5.41) is 23.3. The van der Waals surface area contributed by atoms with E-state index >= 15 is 0 Å². The summed E-state index contributed by atoms with van der Waals surface area (Å²) in [6.07, 6.45) is 3.63. The van der Waals surface area contributed by atoms with Crippen LogP contribution in [0.25, 0.3) is 0 Å². The Hall–Kier alpha value is -3.40. The largest absolute Gasteiger partial charge is 0.595 e. The smallest absolute Gasteiger partial charge is 0.250 e. The number of fused-ring (bicyclic) bond motifs is 8. The van der Waals surface area contributed by atoms with Gasteiger partial charge in [0.15, 0.2) is 5.69 Å². The highest BCUT2D eigenvalue weighted by Crippen LogP contribution is 2.47. The topological polar surface area (TPSA) is 115 Å². The molecule has 182 valence electrons. The van der Waals surface area contributed by atoms with Crippen LogP contribution in [-0.2, 0) is 24.2 Å². The number of quaternary nitrogens is 1. The van der Waals surface area contributed by atoms with Crippen LogP contribution in [0.1, 0.15) is 29.4 Å². The number of rotatable bonds is 5. The van der Waals surface area contributed by atoms with Gasteiger partial charge in [-0.2, -0.15) is 5.23 Å². The summed E-state index contributed by atoms with van der Waals surface area (Å²) in [7, 11) is 0. The van der Waals surface area contributed by atoms with Gasteiger partial charge in [0.25, 0.3) is 5.56 Å². The fourth-order valence-corrected chi connectivity index (χ4v) is 6.38. The molecule has 3 aliphatic rings. The normalized spacial score (nSPS) is 25.3. The Kier molecular flexibility index (Phi) is 5.47. The van der Waals surface area contributed by atoms with Crippen molar-refractivity contribution in [2.24, 2.45) is 11.8 Å². The number of piperidine rings is 1. The number of pyridine rings is 1. The minimum atomic E-state index is -0.974. The van der Waals surface area contributed by atoms with Crippen molar-refractivity contribution in [3.05, 3.63) is 87.4 Å². The summed E-state index contributed by atoms with van der Waals surface area (Å²) in [4.78, 5) is 28.5. The highest BCUT2D eigenvalue weighted by atomic mass is 16.8. The van der Waals surface area contributed by atoms with Crippen LogP contribution in [0.5, 0.6) is 0 Å². The molecule has 1 saturated heterocycles. The molecule has 2 bridgehead atoms. The number of nitrogens with zero attached hydrogens (tertiary/aromatic N) is 2. The standard InChI is InChI=1S/C26H28N4O5/c31-24-5-1-4-22-17-11-18(15-28(22)24)25-21(26(32)27-9-8-20-3-2-10-35-20)13-16-12-19(30(33)34)6-7-23(16)29(25)14-17/h1-7,10,12,17-18,21,25,30,33H,8-9,11,13-15H2,(H,27,32)/t17?,18?,21-,25+/m1/s1. The second-order valence-electron chi connectivity index (χ2n) is 9.81. The first kappa shape index (κ1) is 22.1. The van der Waals surface area contributed by atoms with E-state index in [2.05, 4.69) is 10.2 Å². The van der Waals surface area contributed by atoms with E-state index in [1.54, 1.807) is 24.5 Å². The minimum Gasteiger partial charge on any atom is -0.595 e. The molecule has 1 amide bonds. The van der Waals surface area contributed by atoms with Gasteiger partial charge < -0.3 is 24.4 Å². The van der Waals surface area contributed by atoms with E-state index in [1.807, 2.05) is 34.9 Å². The molecule has 2 aromatic heterocycles. The molecule has 0 saturated carbocycles. The molecule has 1 fully saturated rings. The molecule has 0 spiro atoms. The first-order valence-corrected chi connectivity index (χ1v) is 12.1. The summed E-state index contributed by atoms with van der Waals surface area (Å²) in [6.45, 7) is 1.75. The molecule has 5 atom stereocenters. The van der Waals surface area contributed by atoms with E-state index in [4.69, 9.17) is 4.42 Å². The zero-order valence-electron chi connectivity index (χ0n) is 19.2. The molecule has 9 nitrogen and oxygen atoms in total. The maximum Gasteiger partial charge on any atom is 0.250 e. The van der Waals surface area contributed by atoms with Crippen LogP contribution in [0.4, 0.5) is 11.4 Å². The van der Waals surface area contributed by atoms with Crippen molar-refractivity contribution in [3.8, 4) is 0 Å². The molecular weight excluding hydrogens is 448 g/mol. The molecule has 6 rings (SSSR count). The second kappa shape index (κ2) is 8.67. The van der Waals surface area contributed by atoms with Gasteiger partial charge in [-0.05, 0) is 48.6 Å². The quantitative estimate of drug-likeness (QED) is 0.479. The van der Waals surface area contributed by atoms with Crippen molar-refractivity contribution in [1.29, 1.82) is 0 Å². The van der Waals surface area contributed by atoms with Gasteiger partial charge in [0.05, 0.1) is 12.2 Å². The van der Waals surface area contributed by atoms with E-state index in [0.717, 1.165) is 29.1 Å². The summed E-state index contributed by atoms with van der Waals surface area (Å²) in [5.74, 6) is 0.773. The maximum atomic E-state index is 13.5. The van der Waals surface area contributed by atoms with Crippen molar-refractivity contribution in [1.82, 2.24) is 9.88 Å². The van der Waals surface area contributed by atoms with Crippen LogP contribution < -0.4 is 21.0 Å². The lowest BCUT2D eigenvalue weighted by Gasteiger charge is -2.54. The van der Waals surface area contributed by atoms with Crippen molar-refractivity contribution in [2.45, 2.75) is 37.8 Å². The highest BCUT2D eigenvalue weighted by molar-refractivity contribution is 5.82. The van der Waals surface area contributed by atoms with Crippen LogP contribution in [0.15, 0.2) is 64.0 Å². The predicted octanol–water partition coefficient (Wildman–Crippen LogP) is 1.37. The molecule has 0 radical (unpaired) electrons. The fourth-order valence-electron chi connectivity index (χ4n) is 6.38. The highest BCUT2D eigenvalue weighted by Gasteiger charge is 2.49. The number of furan rings is 1. The molecular formula is C26H28N4O5. The molecule has 3 aliphatic heterocycles. The number of carbonyl (C=O) groups excluding carboxylic acids is 1. The average molecular weight is 477 g/mol. The van der Waals surface area contributed by atoms with Gasteiger partial charge in [-0.3, -0.25) is 9.59 Å². The Morgan fingerprint density at radius 3 is 2.89 bits per heavy atom. The van der Waals surface area contributed by atoms with Gasteiger partial charge in [0.1, 0.15) is 5.76 Å². The lowest BCUT2D eigenvalue weighted by Crippen LogP contribution is -2.99. The van der Waals surface area contributed by atoms with E-state index in [-0.39, 0.29) is 40.9 Å². The number of aromatic nitrogens is 1. The summed E-state index contributed by atoms with van der Waals surface area (Å²) in [5.41, 5.74) is 3.17. The Balaban J connectivity index is 1.34. The molecule has 35 heavy (non-hydrogen) atoms. The van der Waals surface area contributed by atoms with Crippen LogP contribution in [-0.4, -0.2) is 34.8 Å². The lowest BCUT2D eigenvalue weighted by molar-refractivity contribution is -0.991. The SMILES string of the molecule is O=C(NCCc1ccco1)[C@@H]1Cc2cc([NH+]([O-])O)ccc2N2CC3CC(Cn4c3cccc4=O)[C@@H]12. The van der Waals surface area contributed by atoms with Gasteiger partial charge in [-0.25, -0.2) is 5.21 Å². The number of benzene rings is 1. The van der Waals surface area contributed by atoms with Crippen molar-refractivity contribution < 1.29 is 19.6 Å². The Morgan fingerprint density at radius 2 is 2.09 bits per heavy atom. The van der Waals surface area contributed by atoms with E-state index < -0.39 is 5.23 Å². The van der Waals surface area contributed by atoms with E-state index in [1.165, 1.54) is 0 Å². The first-order valence-electron chi connectivity index (χ1n) is 12.1. The van der Waals surface area contributed by atoms with Crippen LogP contribution >= 0.6 is 0 Å². The number of hydrogen-bond acceptors (Lipinski definition) is 6. The van der Waals surface area contributed by atoms with Crippen LogP contribution in [0, 0.1) is 17.0 Å². The Labute approximate surface area is 202 Å². The lowest BCUT2D eigenvalue weighted by atomic mass is 9.70. The zero-order chi connectivity index (χ0) is 24.1. The predicted molar refractivity (Wildman–Crippen MR) is 128 cm³/mol.